The van der Waals surface area contributed by atoms with Crippen molar-refractivity contribution in [1.29, 1.82) is 0 Å². The van der Waals surface area contributed by atoms with Crippen LogP contribution in [0.4, 0.5) is 4.79 Å². The zero-order valence-corrected chi connectivity index (χ0v) is 20.4. The summed E-state index contributed by atoms with van der Waals surface area (Å²) >= 11 is 5.97. The molecule has 33 heavy (non-hydrogen) atoms. The standard InChI is InChI=1S/C23H34ClN3O6/c1-23(2,3)33-22(30)27-12-9-15(10-13-27)11-14-32-17-7-5-16(6-8-17)20(28)26-19(24)18(25)21(29)31-4/h5-8,15,18-19H,9-14,25H2,1-4H3,(H,26,28)/t18-,19?/m1/s1. The van der Waals surface area contributed by atoms with E-state index in [1.54, 1.807) is 29.2 Å². The number of methoxy groups -OCH3 is 1. The number of ether oxygens (including phenoxy) is 3. The summed E-state index contributed by atoms with van der Waals surface area (Å²) in [7, 11) is 1.19. The van der Waals surface area contributed by atoms with Gasteiger partial charge in [-0.25, -0.2) is 4.79 Å². The van der Waals surface area contributed by atoms with Crippen LogP contribution in [0.2, 0.25) is 0 Å². The number of hydrogen-bond acceptors (Lipinski definition) is 7. The highest BCUT2D eigenvalue weighted by Gasteiger charge is 2.27. The maximum atomic E-state index is 12.3. The van der Waals surface area contributed by atoms with Crippen molar-refractivity contribution in [1.82, 2.24) is 10.2 Å². The predicted octanol–water partition coefficient (Wildman–Crippen LogP) is 2.90. The van der Waals surface area contributed by atoms with Crippen molar-refractivity contribution >= 4 is 29.6 Å². The number of amides is 2. The molecule has 2 amide bonds. The number of halogens is 1. The molecule has 2 rings (SSSR count). The molecule has 1 unspecified atom stereocenters. The number of piperidine rings is 1. The van der Waals surface area contributed by atoms with Crippen LogP contribution in [0.1, 0.15) is 50.4 Å². The number of alkyl halides is 1. The molecule has 0 aliphatic carbocycles. The molecule has 1 heterocycles. The Bertz CT molecular complexity index is 803. The van der Waals surface area contributed by atoms with Crippen LogP contribution in [0.5, 0.6) is 5.75 Å². The van der Waals surface area contributed by atoms with Gasteiger partial charge in [0.2, 0.25) is 0 Å². The fraction of sp³-hybridized carbons (Fsp3) is 0.609. The van der Waals surface area contributed by atoms with E-state index < -0.39 is 29.0 Å². The molecule has 1 aromatic carbocycles. The van der Waals surface area contributed by atoms with E-state index in [1.807, 2.05) is 20.8 Å². The van der Waals surface area contributed by atoms with Crippen LogP contribution >= 0.6 is 11.6 Å². The average Bonchev–Trinajstić information content (AvgIpc) is 2.77. The third-order valence-electron chi connectivity index (χ3n) is 5.24. The van der Waals surface area contributed by atoms with Crippen LogP contribution in [-0.2, 0) is 14.3 Å². The van der Waals surface area contributed by atoms with Gasteiger partial charge in [-0.05, 0) is 70.2 Å². The van der Waals surface area contributed by atoms with Gasteiger partial charge in [0.25, 0.3) is 5.91 Å². The lowest BCUT2D eigenvalue weighted by Gasteiger charge is -2.33. The molecule has 3 N–H and O–H groups in total. The molecule has 9 nitrogen and oxygen atoms in total. The smallest absolute Gasteiger partial charge is 0.410 e. The molecular weight excluding hydrogens is 450 g/mol. The summed E-state index contributed by atoms with van der Waals surface area (Å²) in [4.78, 5) is 37.6. The normalized spacial score (nSPS) is 16.5. The first kappa shape index (κ1) is 26.7. The number of carbonyl (C=O) groups excluding carboxylic acids is 3. The second kappa shape index (κ2) is 12.1. The maximum Gasteiger partial charge on any atom is 0.410 e. The van der Waals surface area contributed by atoms with E-state index in [2.05, 4.69) is 10.1 Å². The molecule has 1 fully saturated rings. The lowest BCUT2D eigenvalue weighted by atomic mass is 9.94. The molecule has 2 atom stereocenters. The topological polar surface area (TPSA) is 120 Å². The molecule has 0 saturated carbocycles. The van der Waals surface area contributed by atoms with Crippen molar-refractivity contribution in [3.05, 3.63) is 29.8 Å². The third kappa shape index (κ3) is 8.74. The van der Waals surface area contributed by atoms with Gasteiger partial charge in [-0.3, -0.25) is 9.59 Å². The number of carbonyl (C=O) groups is 3. The Morgan fingerprint density at radius 3 is 2.33 bits per heavy atom. The largest absolute Gasteiger partial charge is 0.494 e. The minimum Gasteiger partial charge on any atom is -0.494 e. The molecule has 0 aromatic heterocycles. The van der Waals surface area contributed by atoms with Gasteiger partial charge < -0.3 is 30.2 Å². The van der Waals surface area contributed by atoms with Crippen LogP contribution in [0.25, 0.3) is 0 Å². The average molecular weight is 484 g/mol. The summed E-state index contributed by atoms with van der Waals surface area (Å²) in [6, 6.07) is 5.45. The Morgan fingerprint density at radius 2 is 1.79 bits per heavy atom. The highest BCUT2D eigenvalue weighted by molar-refractivity contribution is 6.23. The molecule has 0 radical (unpaired) electrons. The quantitative estimate of drug-likeness (QED) is 0.331. The van der Waals surface area contributed by atoms with Gasteiger partial charge in [-0.15, -0.1) is 0 Å². The fourth-order valence-electron chi connectivity index (χ4n) is 3.33. The minimum atomic E-state index is -1.17. The van der Waals surface area contributed by atoms with Gasteiger partial charge in [0.15, 0.2) is 0 Å². The van der Waals surface area contributed by atoms with E-state index in [4.69, 9.17) is 26.8 Å². The summed E-state index contributed by atoms with van der Waals surface area (Å²) in [5.41, 5.74) is 4.40. The number of likely N-dealkylation sites (tertiary alicyclic amines) is 1. The minimum absolute atomic E-state index is 0.255. The van der Waals surface area contributed by atoms with Gasteiger partial charge in [-0.1, -0.05) is 11.6 Å². The van der Waals surface area contributed by atoms with Crippen molar-refractivity contribution in [2.24, 2.45) is 11.7 Å². The SMILES string of the molecule is COC(=O)[C@H](N)C(Cl)NC(=O)c1ccc(OCCC2CCN(C(=O)OC(C)(C)C)CC2)cc1. The first-order chi connectivity index (χ1) is 15.5. The van der Waals surface area contributed by atoms with Gasteiger partial charge >= 0.3 is 12.1 Å². The summed E-state index contributed by atoms with van der Waals surface area (Å²) in [5.74, 6) is -0.0490. The first-order valence-electron chi connectivity index (χ1n) is 11.0. The van der Waals surface area contributed by atoms with Crippen LogP contribution < -0.4 is 15.8 Å². The fourth-order valence-corrected chi connectivity index (χ4v) is 3.53. The second-order valence-corrected chi connectivity index (χ2v) is 9.47. The lowest BCUT2D eigenvalue weighted by Crippen LogP contribution is -2.49. The number of benzene rings is 1. The Labute approximate surface area is 199 Å². The third-order valence-corrected chi connectivity index (χ3v) is 5.62. The molecule has 1 saturated heterocycles. The Morgan fingerprint density at radius 1 is 1.18 bits per heavy atom. The maximum absolute atomic E-state index is 12.3. The molecule has 10 heteroatoms. The van der Waals surface area contributed by atoms with Crippen molar-refractivity contribution in [3.63, 3.8) is 0 Å². The number of hydrogen-bond donors (Lipinski definition) is 2. The van der Waals surface area contributed by atoms with Gasteiger partial charge in [0, 0.05) is 18.7 Å². The van der Waals surface area contributed by atoms with E-state index in [0.717, 1.165) is 19.3 Å². The molecule has 1 aromatic rings. The number of esters is 1. The Hall–Kier alpha value is -2.52. The summed E-state index contributed by atoms with van der Waals surface area (Å²) in [5, 5.41) is 2.46. The van der Waals surface area contributed by atoms with Crippen LogP contribution in [0.3, 0.4) is 0 Å². The Balaban J connectivity index is 1.72. The summed E-state index contributed by atoms with van der Waals surface area (Å²) in [6.45, 7) is 7.51. The summed E-state index contributed by atoms with van der Waals surface area (Å²) in [6.07, 6.45) is 2.45. The van der Waals surface area contributed by atoms with Crippen molar-refractivity contribution < 1.29 is 28.6 Å². The van der Waals surface area contributed by atoms with Crippen molar-refractivity contribution in [2.45, 2.75) is 57.2 Å². The van der Waals surface area contributed by atoms with Gasteiger partial charge in [0.05, 0.1) is 13.7 Å². The second-order valence-electron chi connectivity index (χ2n) is 9.00. The van der Waals surface area contributed by atoms with E-state index in [9.17, 15) is 14.4 Å². The number of nitrogens with zero attached hydrogens (tertiary/aromatic N) is 1. The monoisotopic (exact) mass is 483 g/mol. The number of rotatable bonds is 8. The first-order valence-corrected chi connectivity index (χ1v) is 11.4. The van der Waals surface area contributed by atoms with E-state index in [0.29, 0.717) is 36.9 Å². The predicted molar refractivity (Wildman–Crippen MR) is 124 cm³/mol. The molecule has 1 aliphatic heterocycles. The molecule has 0 spiro atoms. The zero-order valence-electron chi connectivity index (χ0n) is 19.6. The molecule has 0 bridgehead atoms. The van der Waals surface area contributed by atoms with E-state index in [1.165, 1.54) is 7.11 Å². The molecule has 184 valence electrons. The van der Waals surface area contributed by atoms with Crippen LogP contribution in [0.15, 0.2) is 24.3 Å². The number of nitrogens with one attached hydrogen (secondary N) is 1. The van der Waals surface area contributed by atoms with Gasteiger partial charge in [0.1, 0.15) is 22.9 Å². The van der Waals surface area contributed by atoms with Crippen molar-refractivity contribution in [3.8, 4) is 5.75 Å². The van der Waals surface area contributed by atoms with Crippen LogP contribution in [-0.4, -0.2) is 66.8 Å². The van der Waals surface area contributed by atoms with E-state index >= 15 is 0 Å². The lowest BCUT2D eigenvalue weighted by molar-refractivity contribution is -0.142. The van der Waals surface area contributed by atoms with E-state index in [-0.39, 0.29) is 6.09 Å². The highest BCUT2D eigenvalue weighted by atomic mass is 35.5. The zero-order chi connectivity index (χ0) is 24.6. The van der Waals surface area contributed by atoms with Gasteiger partial charge in [-0.2, -0.15) is 0 Å². The molecular formula is C23H34ClN3O6. The Kier molecular flexibility index (Phi) is 9.79. The highest BCUT2D eigenvalue weighted by Crippen LogP contribution is 2.23. The summed E-state index contributed by atoms with van der Waals surface area (Å²) < 4.78 is 15.7. The number of nitrogens with two attached hydrogens (primary N) is 1. The van der Waals surface area contributed by atoms with Crippen molar-refractivity contribution in [2.75, 3.05) is 26.8 Å². The molecule has 1 aliphatic rings. The van der Waals surface area contributed by atoms with Crippen LogP contribution in [0, 0.1) is 5.92 Å².